The molecule has 0 aliphatic rings. The lowest BCUT2D eigenvalue weighted by Crippen LogP contribution is -2.23. The lowest BCUT2D eigenvalue weighted by atomic mass is 10.1. The van der Waals surface area contributed by atoms with Crippen molar-refractivity contribution >= 4 is 16.0 Å². The van der Waals surface area contributed by atoms with Crippen LogP contribution < -0.4 is 4.72 Å². The van der Waals surface area contributed by atoms with Crippen molar-refractivity contribution in [2.45, 2.75) is 24.5 Å². The summed E-state index contributed by atoms with van der Waals surface area (Å²) in [5, 5.41) is 0. The summed E-state index contributed by atoms with van der Waals surface area (Å²) in [4.78, 5) is 12.3. The van der Waals surface area contributed by atoms with Crippen LogP contribution in [0.15, 0.2) is 82.3 Å². The van der Waals surface area contributed by atoms with Crippen molar-refractivity contribution in [2.24, 2.45) is 0 Å². The van der Waals surface area contributed by atoms with Crippen molar-refractivity contribution in [1.82, 2.24) is 4.72 Å². The number of benzene rings is 2. The number of hydrogen-bond donors (Lipinski definition) is 1. The molecule has 1 heterocycles. The Morgan fingerprint density at radius 1 is 1.04 bits per heavy atom. The number of carbonyl (C=O) groups is 1. The zero-order valence-electron chi connectivity index (χ0n) is 14.7. The molecule has 27 heavy (non-hydrogen) atoms. The van der Waals surface area contributed by atoms with Gasteiger partial charge in [-0.25, -0.2) is 17.9 Å². The highest BCUT2D eigenvalue weighted by Gasteiger charge is 2.17. The van der Waals surface area contributed by atoms with Crippen LogP contribution in [-0.2, 0) is 21.3 Å². The van der Waals surface area contributed by atoms with E-state index in [-0.39, 0.29) is 17.0 Å². The molecule has 0 saturated heterocycles. The molecule has 2 aromatic carbocycles. The van der Waals surface area contributed by atoms with E-state index in [2.05, 4.69) is 4.72 Å². The van der Waals surface area contributed by atoms with Crippen LogP contribution in [0.1, 0.15) is 34.7 Å². The number of nitrogens with one attached hydrogen (secondary N) is 1. The van der Waals surface area contributed by atoms with Gasteiger partial charge in [-0.2, -0.15) is 0 Å². The highest BCUT2D eigenvalue weighted by Crippen LogP contribution is 2.19. The van der Waals surface area contributed by atoms with E-state index in [1.54, 1.807) is 19.1 Å². The normalized spacial score (nSPS) is 12.5. The third-order valence-electron chi connectivity index (χ3n) is 3.97. The number of rotatable bonds is 7. The third kappa shape index (κ3) is 4.84. The molecule has 7 heteroatoms. The first kappa shape index (κ1) is 18.9. The van der Waals surface area contributed by atoms with Crippen LogP contribution in [-0.4, -0.2) is 14.4 Å². The minimum atomic E-state index is -3.71. The van der Waals surface area contributed by atoms with E-state index in [1.807, 2.05) is 30.3 Å². The summed E-state index contributed by atoms with van der Waals surface area (Å²) >= 11 is 0. The maximum atomic E-state index is 12.3. The standard InChI is InChI=1S/C20H19NO5S/c1-15(16-6-3-2-4-7-16)26-20(22)17-9-11-19(12-10-17)27(23,24)21-14-18-8-5-13-25-18/h2-13,15,21H,14H2,1H3. The summed E-state index contributed by atoms with van der Waals surface area (Å²) in [5.74, 6) is -0.00693. The van der Waals surface area contributed by atoms with Crippen molar-refractivity contribution in [3.63, 3.8) is 0 Å². The predicted molar refractivity (Wildman–Crippen MR) is 99.4 cm³/mol. The van der Waals surface area contributed by atoms with E-state index >= 15 is 0 Å². The Labute approximate surface area is 157 Å². The van der Waals surface area contributed by atoms with Gasteiger partial charge in [-0.3, -0.25) is 0 Å². The van der Waals surface area contributed by atoms with E-state index in [1.165, 1.54) is 30.5 Å². The fourth-order valence-corrected chi connectivity index (χ4v) is 3.45. The van der Waals surface area contributed by atoms with E-state index in [0.29, 0.717) is 5.76 Å². The Bertz CT molecular complexity index is 981. The number of sulfonamides is 1. The van der Waals surface area contributed by atoms with Crippen molar-refractivity contribution in [1.29, 1.82) is 0 Å². The Morgan fingerprint density at radius 2 is 1.74 bits per heavy atom. The molecule has 1 unspecified atom stereocenters. The second-order valence-corrected chi connectivity index (χ2v) is 7.65. The number of hydrogen-bond acceptors (Lipinski definition) is 5. The van der Waals surface area contributed by atoms with Gasteiger partial charge in [0.25, 0.3) is 0 Å². The van der Waals surface area contributed by atoms with Crippen LogP contribution in [0.25, 0.3) is 0 Å². The molecule has 1 N–H and O–H groups in total. The van der Waals surface area contributed by atoms with E-state index < -0.39 is 22.1 Å². The molecule has 0 amide bonds. The first-order valence-corrected chi connectivity index (χ1v) is 9.82. The molecule has 3 aromatic rings. The quantitative estimate of drug-likeness (QED) is 0.627. The van der Waals surface area contributed by atoms with E-state index in [0.717, 1.165) is 5.56 Å². The molecule has 6 nitrogen and oxygen atoms in total. The van der Waals surface area contributed by atoms with Gasteiger partial charge in [0.1, 0.15) is 11.9 Å². The summed E-state index contributed by atoms with van der Waals surface area (Å²) < 4.78 is 37.6. The molecule has 3 rings (SSSR count). The largest absolute Gasteiger partial charge is 0.468 e. The minimum Gasteiger partial charge on any atom is -0.468 e. The molecule has 0 saturated carbocycles. The fraction of sp³-hybridized carbons (Fsp3) is 0.150. The second kappa shape index (κ2) is 8.20. The van der Waals surface area contributed by atoms with Gasteiger partial charge in [-0.15, -0.1) is 0 Å². The molecular weight excluding hydrogens is 366 g/mol. The maximum absolute atomic E-state index is 12.3. The van der Waals surface area contributed by atoms with Gasteiger partial charge in [-0.05, 0) is 48.9 Å². The Morgan fingerprint density at radius 3 is 2.37 bits per heavy atom. The molecule has 0 spiro atoms. The lowest BCUT2D eigenvalue weighted by Gasteiger charge is -2.13. The number of carbonyl (C=O) groups excluding carboxylic acids is 1. The molecule has 1 aromatic heterocycles. The predicted octanol–water partition coefficient (Wildman–Crippen LogP) is 3.68. The van der Waals surface area contributed by atoms with E-state index in [9.17, 15) is 13.2 Å². The summed E-state index contributed by atoms with van der Waals surface area (Å²) in [6.45, 7) is 1.83. The maximum Gasteiger partial charge on any atom is 0.338 e. The molecule has 140 valence electrons. The van der Waals surface area contributed by atoms with Crippen LogP contribution >= 0.6 is 0 Å². The van der Waals surface area contributed by atoms with Crippen LogP contribution in [0.4, 0.5) is 0 Å². The monoisotopic (exact) mass is 385 g/mol. The van der Waals surface area contributed by atoms with Gasteiger partial charge in [0, 0.05) is 0 Å². The first-order valence-electron chi connectivity index (χ1n) is 8.34. The Balaban J connectivity index is 1.64. The molecule has 0 fully saturated rings. The third-order valence-corrected chi connectivity index (χ3v) is 5.39. The smallest absolute Gasteiger partial charge is 0.338 e. The van der Waals surface area contributed by atoms with E-state index in [4.69, 9.17) is 9.15 Å². The van der Waals surface area contributed by atoms with Crippen molar-refractivity contribution in [3.05, 3.63) is 89.9 Å². The fourth-order valence-electron chi connectivity index (χ4n) is 2.45. The van der Waals surface area contributed by atoms with Crippen molar-refractivity contribution in [2.75, 3.05) is 0 Å². The van der Waals surface area contributed by atoms with Gasteiger partial charge in [0.15, 0.2) is 0 Å². The summed E-state index contributed by atoms with van der Waals surface area (Å²) in [7, 11) is -3.71. The Kier molecular flexibility index (Phi) is 5.73. The molecule has 0 bridgehead atoms. The molecule has 0 aliphatic heterocycles. The number of furan rings is 1. The zero-order chi connectivity index (χ0) is 19.3. The molecule has 0 radical (unpaired) electrons. The number of ether oxygens (including phenoxy) is 1. The average Bonchev–Trinajstić information content (AvgIpc) is 3.21. The van der Waals surface area contributed by atoms with Gasteiger partial charge < -0.3 is 9.15 Å². The van der Waals surface area contributed by atoms with Crippen LogP contribution in [0.5, 0.6) is 0 Å². The van der Waals surface area contributed by atoms with Crippen molar-refractivity contribution < 1.29 is 22.4 Å². The summed E-state index contributed by atoms with van der Waals surface area (Å²) in [6.07, 6.45) is 1.07. The minimum absolute atomic E-state index is 0.0493. The highest BCUT2D eigenvalue weighted by atomic mass is 32.2. The summed E-state index contributed by atoms with van der Waals surface area (Å²) in [5.41, 5.74) is 1.16. The van der Waals surface area contributed by atoms with Crippen LogP contribution in [0, 0.1) is 0 Å². The number of esters is 1. The van der Waals surface area contributed by atoms with Gasteiger partial charge in [0.05, 0.1) is 23.3 Å². The lowest BCUT2D eigenvalue weighted by molar-refractivity contribution is 0.0337. The molecule has 0 aliphatic carbocycles. The zero-order valence-corrected chi connectivity index (χ0v) is 15.5. The Hall–Kier alpha value is -2.90. The topological polar surface area (TPSA) is 85.6 Å². The molecule has 1 atom stereocenters. The van der Waals surface area contributed by atoms with Gasteiger partial charge >= 0.3 is 5.97 Å². The summed E-state index contributed by atoms with van der Waals surface area (Å²) in [6, 6.07) is 18.3. The van der Waals surface area contributed by atoms with Crippen LogP contribution in [0.3, 0.4) is 0 Å². The molecular formula is C20H19NO5S. The SMILES string of the molecule is CC(OC(=O)c1ccc(S(=O)(=O)NCc2ccco2)cc1)c1ccccc1. The van der Waals surface area contributed by atoms with Crippen molar-refractivity contribution in [3.8, 4) is 0 Å². The van der Waals surface area contributed by atoms with Gasteiger partial charge in [0.2, 0.25) is 10.0 Å². The van der Waals surface area contributed by atoms with Gasteiger partial charge in [-0.1, -0.05) is 30.3 Å². The highest BCUT2D eigenvalue weighted by molar-refractivity contribution is 7.89. The second-order valence-electron chi connectivity index (χ2n) is 5.89. The first-order chi connectivity index (χ1) is 13.0. The van der Waals surface area contributed by atoms with Crippen LogP contribution in [0.2, 0.25) is 0 Å². The average molecular weight is 385 g/mol.